The number of carbonyl (C=O) groups excluding carboxylic acids is 1. The Morgan fingerprint density at radius 1 is 1.50 bits per heavy atom. The fraction of sp³-hybridized carbons (Fsp3) is 0.625. The zero-order chi connectivity index (χ0) is 17.1. The van der Waals surface area contributed by atoms with Gasteiger partial charge in [0.05, 0.1) is 24.5 Å². The number of amides is 1. The second kappa shape index (κ2) is 7.12. The van der Waals surface area contributed by atoms with Gasteiger partial charge in [0.15, 0.2) is 5.69 Å². The second-order valence-electron chi connectivity index (χ2n) is 6.35. The Hall–Kier alpha value is -2.22. The van der Waals surface area contributed by atoms with Gasteiger partial charge in [0.1, 0.15) is 0 Å². The molecule has 1 aliphatic heterocycles. The van der Waals surface area contributed by atoms with Crippen LogP contribution in [0.5, 0.6) is 0 Å². The Labute approximate surface area is 141 Å². The number of hydrogen-bond donors (Lipinski definition) is 1. The van der Waals surface area contributed by atoms with E-state index in [0.29, 0.717) is 18.8 Å². The number of hydrogen-bond acceptors (Lipinski definition) is 5. The van der Waals surface area contributed by atoms with E-state index < -0.39 is 0 Å². The van der Waals surface area contributed by atoms with Crippen molar-refractivity contribution in [2.45, 2.75) is 45.8 Å². The van der Waals surface area contributed by atoms with Crippen molar-refractivity contribution in [3.05, 3.63) is 28.8 Å². The largest absolute Gasteiger partial charge is 0.376 e. The molecule has 2 aromatic heterocycles. The van der Waals surface area contributed by atoms with Crippen molar-refractivity contribution in [2.75, 3.05) is 20.2 Å². The Balaban J connectivity index is 1.56. The summed E-state index contributed by atoms with van der Waals surface area (Å²) in [6, 6.07) is 0. The number of likely N-dealkylation sites (N-methyl/N-ethyl adjacent to an activating group) is 1. The molecule has 1 N–H and O–H groups in total. The van der Waals surface area contributed by atoms with Crippen LogP contribution in [-0.4, -0.2) is 62.3 Å². The summed E-state index contributed by atoms with van der Waals surface area (Å²) in [6.07, 6.45) is 4.77. The lowest BCUT2D eigenvalue weighted by atomic mass is 10.1. The van der Waals surface area contributed by atoms with Crippen molar-refractivity contribution in [3.8, 4) is 0 Å². The van der Waals surface area contributed by atoms with E-state index in [1.165, 1.54) is 0 Å². The van der Waals surface area contributed by atoms with Gasteiger partial charge in [0, 0.05) is 25.9 Å². The van der Waals surface area contributed by atoms with Gasteiger partial charge >= 0.3 is 0 Å². The number of carbonyl (C=O) groups is 1. The summed E-state index contributed by atoms with van der Waals surface area (Å²) < 4.78 is 7.28. The van der Waals surface area contributed by atoms with Crippen LogP contribution in [0.25, 0.3) is 0 Å². The average molecular weight is 332 g/mol. The van der Waals surface area contributed by atoms with Crippen LogP contribution in [0.4, 0.5) is 0 Å². The molecular formula is C16H24N6O2. The molecule has 24 heavy (non-hydrogen) atoms. The number of nitrogens with zero attached hydrogens (tertiary/aromatic N) is 5. The highest BCUT2D eigenvalue weighted by atomic mass is 16.5. The fourth-order valence-electron chi connectivity index (χ4n) is 3.00. The summed E-state index contributed by atoms with van der Waals surface area (Å²) in [7, 11) is 1.78. The lowest BCUT2D eigenvalue weighted by Crippen LogP contribution is -2.29. The number of H-pyrrole nitrogens is 1. The highest BCUT2D eigenvalue weighted by Gasteiger charge is 2.20. The number of rotatable bonds is 6. The first kappa shape index (κ1) is 16.6. The third-order valence-electron chi connectivity index (χ3n) is 4.50. The van der Waals surface area contributed by atoms with Crippen LogP contribution in [0.15, 0.2) is 6.20 Å². The van der Waals surface area contributed by atoms with Gasteiger partial charge in [0.2, 0.25) is 0 Å². The average Bonchev–Trinajstić information content (AvgIpc) is 3.29. The first-order valence-corrected chi connectivity index (χ1v) is 8.32. The molecule has 0 radical (unpaired) electrons. The molecule has 0 spiro atoms. The highest BCUT2D eigenvalue weighted by molar-refractivity contribution is 5.91. The maximum absolute atomic E-state index is 12.5. The van der Waals surface area contributed by atoms with Gasteiger partial charge in [-0.15, -0.1) is 5.10 Å². The minimum absolute atomic E-state index is 0.118. The summed E-state index contributed by atoms with van der Waals surface area (Å²) in [5, 5.41) is 15.2. The molecule has 1 amide bonds. The molecule has 3 rings (SSSR count). The van der Waals surface area contributed by atoms with Gasteiger partial charge in [-0.2, -0.15) is 5.10 Å². The predicted molar refractivity (Wildman–Crippen MR) is 87.7 cm³/mol. The zero-order valence-corrected chi connectivity index (χ0v) is 14.4. The van der Waals surface area contributed by atoms with Crippen LogP contribution < -0.4 is 0 Å². The van der Waals surface area contributed by atoms with E-state index in [4.69, 9.17) is 4.74 Å². The van der Waals surface area contributed by atoms with Gasteiger partial charge in [-0.1, -0.05) is 5.21 Å². The molecule has 0 saturated carbocycles. The molecule has 130 valence electrons. The lowest BCUT2D eigenvalue weighted by molar-refractivity contribution is 0.0790. The normalized spacial score (nSPS) is 17.4. The van der Waals surface area contributed by atoms with Crippen molar-refractivity contribution >= 4 is 5.91 Å². The standard InChI is InChI=1S/C16H24N6O2/c1-11-14(12(2)18-17-11)6-7-21(3)16(23)15-10-22(20-19-15)9-13-5-4-8-24-13/h10,13H,4-9H2,1-3H3,(H,17,18)/t13-/m0/s1. The second-order valence-corrected chi connectivity index (χ2v) is 6.35. The first-order valence-electron chi connectivity index (χ1n) is 8.32. The predicted octanol–water partition coefficient (Wildman–Crippen LogP) is 1.11. The van der Waals surface area contributed by atoms with Crippen LogP contribution in [0.2, 0.25) is 0 Å². The summed E-state index contributed by atoms with van der Waals surface area (Å²) in [5.74, 6) is -0.118. The number of nitrogens with one attached hydrogen (secondary N) is 1. The summed E-state index contributed by atoms with van der Waals surface area (Å²) in [4.78, 5) is 14.2. The molecule has 0 aromatic carbocycles. The van der Waals surface area contributed by atoms with Crippen LogP contribution in [0.1, 0.15) is 40.3 Å². The third-order valence-corrected chi connectivity index (χ3v) is 4.50. The molecule has 0 unspecified atom stereocenters. The smallest absolute Gasteiger partial charge is 0.275 e. The zero-order valence-electron chi connectivity index (χ0n) is 14.4. The highest BCUT2D eigenvalue weighted by Crippen LogP contribution is 2.14. The van der Waals surface area contributed by atoms with Gasteiger partial charge < -0.3 is 9.64 Å². The topological polar surface area (TPSA) is 88.9 Å². The van der Waals surface area contributed by atoms with E-state index in [0.717, 1.165) is 42.8 Å². The van der Waals surface area contributed by atoms with E-state index in [2.05, 4.69) is 20.5 Å². The van der Waals surface area contributed by atoms with Gasteiger partial charge in [-0.3, -0.25) is 9.89 Å². The quantitative estimate of drug-likeness (QED) is 0.856. The van der Waals surface area contributed by atoms with Crippen molar-refractivity contribution in [2.24, 2.45) is 0 Å². The third kappa shape index (κ3) is 3.64. The summed E-state index contributed by atoms with van der Waals surface area (Å²) in [6.45, 7) is 6.03. The van der Waals surface area contributed by atoms with E-state index in [1.54, 1.807) is 22.8 Å². The van der Waals surface area contributed by atoms with Crippen LogP contribution in [0, 0.1) is 13.8 Å². The Morgan fingerprint density at radius 2 is 2.33 bits per heavy atom. The molecule has 1 fully saturated rings. The fourth-order valence-corrected chi connectivity index (χ4v) is 3.00. The molecule has 1 atom stereocenters. The summed E-state index contributed by atoms with van der Waals surface area (Å²) in [5.41, 5.74) is 3.57. The van der Waals surface area contributed by atoms with Crippen molar-refractivity contribution in [3.63, 3.8) is 0 Å². The van der Waals surface area contributed by atoms with Gasteiger partial charge in [0.25, 0.3) is 5.91 Å². The van der Waals surface area contributed by atoms with Gasteiger partial charge in [-0.25, -0.2) is 4.68 Å². The molecule has 8 nitrogen and oxygen atoms in total. The van der Waals surface area contributed by atoms with E-state index in [9.17, 15) is 4.79 Å². The molecule has 8 heteroatoms. The maximum atomic E-state index is 12.5. The van der Waals surface area contributed by atoms with Gasteiger partial charge in [-0.05, 0) is 38.7 Å². The molecule has 0 bridgehead atoms. The number of ether oxygens (including phenoxy) is 1. The Morgan fingerprint density at radius 3 is 3.00 bits per heavy atom. The molecule has 0 aliphatic carbocycles. The number of aryl methyl sites for hydroxylation is 2. The van der Waals surface area contributed by atoms with Crippen molar-refractivity contribution in [1.82, 2.24) is 30.1 Å². The van der Waals surface area contributed by atoms with Crippen LogP contribution >= 0.6 is 0 Å². The summed E-state index contributed by atoms with van der Waals surface area (Å²) >= 11 is 0. The molecule has 2 aromatic rings. The minimum atomic E-state index is -0.118. The van der Waals surface area contributed by atoms with E-state index >= 15 is 0 Å². The molecule has 1 saturated heterocycles. The SMILES string of the molecule is Cc1n[nH]c(C)c1CCN(C)C(=O)c1cn(C[C@@H]2CCCO2)nn1. The maximum Gasteiger partial charge on any atom is 0.275 e. The molecule has 3 heterocycles. The van der Waals surface area contributed by atoms with Crippen LogP contribution in [-0.2, 0) is 17.7 Å². The van der Waals surface area contributed by atoms with Crippen LogP contribution in [0.3, 0.4) is 0 Å². The monoisotopic (exact) mass is 332 g/mol. The Kier molecular flexibility index (Phi) is 4.94. The lowest BCUT2D eigenvalue weighted by Gasteiger charge is -2.15. The van der Waals surface area contributed by atoms with E-state index in [1.807, 2.05) is 13.8 Å². The number of aromatic amines is 1. The van der Waals surface area contributed by atoms with Crippen molar-refractivity contribution < 1.29 is 9.53 Å². The molecule has 1 aliphatic rings. The Bertz CT molecular complexity index is 682. The minimum Gasteiger partial charge on any atom is -0.376 e. The first-order chi connectivity index (χ1) is 11.5. The van der Waals surface area contributed by atoms with Crippen molar-refractivity contribution in [1.29, 1.82) is 0 Å². The molecular weight excluding hydrogens is 308 g/mol. The number of aromatic nitrogens is 5. The van der Waals surface area contributed by atoms with E-state index in [-0.39, 0.29) is 12.0 Å².